The minimum absolute atomic E-state index is 0.249. The van der Waals surface area contributed by atoms with Crippen molar-refractivity contribution in [2.75, 3.05) is 0 Å². The summed E-state index contributed by atoms with van der Waals surface area (Å²) in [6.45, 7) is 13.8. The van der Waals surface area contributed by atoms with Crippen LogP contribution in [-0.4, -0.2) is 17.9 Å². The molecule has 0 bridgehead atoms. The zero-order valence-electron chi connectivity index (χ0n) is 24.8. The lowest BCUT2D eigenvalue weighted by Crippen LogP contribution is -2.07. The van der Waals surface area contributed by atoms with Gasteiger partial charge in [-0.1, -0.05) is 67.7 Å². The predicted molar refractivity (Wildman–Crippen MR) is 173 cm³/mol. The number of esters is 3. The van der Waals surface area contributed by atoms with E-state index in [0.29, 0.717) is 39.3 Å². The van der Waals surface area contributed by atoms with Gasteiger partial charge in [-0.05, 0) is 91.7 Å². The number of carbonyl (C=O) groups is 3. The van der Waals surface area contributed by atoms with Crippen molar-refractivity contribution in [1.82, 2.24) is 0 Å². The molecular formula is C39H28O6. The van der Waals surface area contributed by atoms with E-state index in [1.165, 1.54) is 0 Å². The van der Waals surface area contributed by atoms with Gasteiger partial charge in [-0.3, -0.25) is 0 Å². The molecule has 0 aliphatic carbocycles. The summed E-state index contributed by atoms with van der Waals surface area (Å²) in [5.74, 6) is 11.7. The summed E-state index contributed by atoms with van der Waals surface area (Å²) in [6.07, 6.45) is 1.07. The van der Waals surface area contributed by atoms with Crippen molar-refractivity contribution in [2.45, 2.75) is 13.8 Å². The summed E-state index contributed by atoms with van der Waals surface area (Å²) in [5.41, 5.74) is 5.13. The minimum Gasteiger partial charge on any atom is -0.423 e. The van der Waals surface area contributed by atoms with Crippen LogP contribution in [0.15, 0.2) is 128 Å². The van der Waals surface area contributed by atoms with Crippen molar-refractivity contribution in [3.8, 4) is 52.1 Å². The SMILES string of the molecule is C=CC(=O)Oc1cc(C#Cc2ccc(-c3ccc(OC(=O)C(=C)C)cc3)cc2)ccc1C#Cc1ccc(OC(=O)C(=C)C)cc1. The van der Waals surface area contributed by atoms with Crippen LogP contribution in [0.1, 0.15) is 36.1 Å². The van der Waals surface area contributed by atoms with Crippen LogP contribution in [0.5, 0.6) is 17.2 Å². The second kappa shape index (κ2) is 14.7. The van der Waals surface area contributed by atoms with E-state index in [1.807, 2.05) is 36.4 Å². The normalized spacial score (nSPS) is 9.73. The van der Waals surface area contributed by atoms with E-state index in [4.69, 9.17) is 14.2 Å². The molecule has 45 heavy (non-hydrogen) atoms. The smallest absolute Gasteiger partial charge is 0.338 e. The minimum atomic E-state index is -0.621. The molecule has 4 aromatic carbocycles. The number of carbonyl (C=O) groups excluding carboxylic acids is 3. The van der Waals surface area contributed by atoms with Gasteiger partial charge in [0.25, 0.3) is 0 Å². The van der Waals surface area contributed by atoms with Crippen molar-refractivity contribution >= 4 is 17.9 Å². The predicted octanol–water partition coefficient (Wildman–Crippen LogP) is 7.21. The van der Waals surface area contributed by atoms with Crippen LogP contribution in [0, 0.1) is 23.7 Å². The lowest BCUT2D eigenvalue weighted by atomic mass is 10.0. The van der Waals surface area contributed by atoms with Gasteiger partial charge in [0.15, 0.2) is 0 Å². The van der Waals surface area contributed by atoms with Crippen molar-refractivity contribution < 1.29 is 28.6 Å². The van der Waals surface area contributed by atoms with Gasteiger partial charge >= 0.3 is 17.9 Å². The molecule has 0 saturated carbocycles. The fraction of sp³-hybridized carbons (Fsp3) is 0.0513. The van der Waals surface area contributed by atoms with E-state index in [0.717, 1.165) is 22.8 Å². The Labute approximate surface area is 262 Å². The number of rotatable bonds is 7. The molecule has 0 spiro atoms. The van der Waals surface area contributed by atoms with Crippen LogP contribution < -0.4 is 14.2 Å². The molecule has 0 aliphatic rings. The summed E-state index contributed by atoms with van der Waals surface area (Å²) in [6, 6.07) is 26.8. The maximum absolute atomic E-state index is 12.0. The van der Waals surface area contributed by atoms with Gasteiger partial charge in [0.2, 0.25) is 0 Å². The first-order valence-corrected chi connectivity index (χ1v) is 13.7. The second-order valence-corrected chi connectivity index (χ2v) is 9.80. The highest BCUT2D eigenvalue weighted by Gasteiger charge is 2.08. The monoisotopic (exact) mass is 592 g/mol. The zero-order valence-corrected chi connectivity index (χ0v) is 24.8. The van der Waals surface area contributed by atoms with Gasteiger partial charge in [0.1, 0.15) is 17.2 Å². The summed E-state index contributed by atoms with van der Waals surface area (Å²) in [5, 5.41) is 0. The zero-order chi connectivity index (χ0) is 32.3. The molecule has 0 aliphatic heterocycles. The number of hydrogen-bond donors (Lipinski definition) is 0. The molecule has 0 saturated heterocycles. The van der Waals surface area contributed by atoms with Crippen molar-refractivity contribution in [1.29, 1.82) is 0 Å². The van der Waals surface area contributed by atoms with Crippen molar-refractivity contribution in [2.24, 2.45) is 0 Å². The van der Waals surface area contributed by atoms with E-state index in [2.05, 4.69) is 43.4 Å². The third kappa shape index (κ3) is 9.06. The Morgan fingerprint density at radius 1 is 0.578 bits per heavy atom. The molecular weight excluding hydrogens is 564 g/mol. The second-order valence-electron chi connectivity index (χ2n) is 9.80. The topological polar surface area (TPSA) is 78.9 Å². The first-order chi connectivity index (χ1) is 21.6. The highest BCUT2D eigenvalue weighted by Crippen LogP contribution is 2.24. The van der Waals surface area contributed by atoms with E-state index < -0.39 is 17.9 Å². The number of ether oxygens (including phenoxy) is 3. The van der Waals surface area contributed by atoms with Gasteiger partial charge in [0, 0.05) is 33.9 Å². The summed E-state index contributed by atoms with van der Waals surface area (Å²) >= 11 is 0. The van der Waals surface area contributed by atoms with Crippen molar-refractivity contribution in [3.63, 3.8) is 0 Å². The molecule has 6 nitrogen and oxygen atoms in total. The van der Waals surface area contributed by atoms with Gasteiger partial charge in [-0.25, -0.2) is 14.4 Å². The van der Waals surface area contributed by atoms with Crippen LogP contribution in [0.2, 0.25) is 0 Å². The van der Waals surface area contributed by atoms with Crippen LogP contribution in [0.4, 0.5) is 0 Å². The average Bonchev–Trinajstić information content (AvgIpc) is 3.04. The molecule has 6 heteroatoms. The molecule has 0 aromatic heterocycles. The average molecular weight is 593 g/mol. The molecule has 0 atom stereocenters. The van der Waals surface area contributed by atoms with Crippen LogP contribution >= 0.6 is 0 Å². The Morgan fingerprint density at radius 2 is 1.00 bits per heavy atom. The highest BCUT2D eigenvalue weighted by molar-refractivity contribution is 5.89. The quantitative estimate of drug-likeness (QED) is 0.0977. The maximum Gasteiger partial charge on any atom is 0.338 e. The first kappa shape index (κ1) is 31.6. The molecule has 0 fully saturated rings. The molecule has 4 rings (SSSR count). The Morgan fingerprint density at radius 3 is 1.51 bits per heavy atom. The Kier molecular flexibility index (Phi) is 10.3. The molecule has 4 aromatic rings. The van der Waals surface area contributed by atoms with Crippen molar-refractivity contribution in [3.05, 3.63) is 150 Å². The first-order valence-electron chi connectivity index (χ1n) is 13.7. The lowest BCUT2D eigenvalue weighted by Gasteiger charge is -2.06. The van der Waals surface area contributed by atoms with Crippen LogP contribution in [0.3, 0.4) is 0 Å². The lowest BCUT2D eigenvalue weighted by molar-refractivity contribution is -0.130. The molecule has 0 heterocycles. The molecule has 0 radical (unpaired) electrons. The highest BCUT2D eigenvalue weighted by atomic mass is 16.5. The number of hydrogen-bond acceptors (Lipinski definition) is 6. The third-order valence-corrected chi connectivity index (χ3v) is 6.10. The molecule has 220 valence electrons. The Balaban J connectivity index is 1.49. The van der Waals surface area contributed by atoms with E-state index in [9.17, 15) is 14.4 Å². The summed E-state index contributed by atoms with van der Waals surface area (Å²) < 4.78 is 15.9. The van der Waals surface area contributed by atoms with E-state index in [1.54, 1.807) is 68.4 Å². The maximum atomic E-state index is 12.0. The Bertz CT molecular complexity index is 1920. The molecule has 0 N–H and O–H groups in total. The van der Waals surface area contributed by atoms with Gasteiger partial charge in [-0.2, -0.15) is 0 Å². The fourth-order valence-corrected chi connectivity index (χ4v) is 3.68. The summed E-state index contributed by atoms with van der Waals surface area (Å²) in [7, 11) is 0. The van der Waals surface area contributed by atoms with Gasteiger partial charge in [-0.15, -0.1) is 0 Å². The fourth-order valence-electron chi connectivity index (χ4n) is 3.68. The molecule has 0 amide bonds. The molecule has 0 unspecified atom stereocenters. The van der Waals surface area contributed by atoms with Crippen LogP contribution in [0.25, 0.3) is 11.1 Å². The van der Waals surface area contributed by atoms with Gasteiger partial charge in [0.05, 0.1) is 5.56 Å². The standard InChI is InChI=1S/C39H28O6/c1-6-37(40)45-36-25-30(12-18-33(36)17-11-29-13-21-34(22-14-29)43-38(41)26(2)3)8-7-28-9-15-31(16-10-28)32-19-23-35(24-20-32)44-39(42)27(4)5/h6,9-10,12-16,18-25H,1-2,4H2,3,5H3. The number of benzene rings is 4. The Hall–Kier alpha value is -6.37. The van der Waals surface area contributed by atoms with Crippen LogP contribution in [-0.2, 0) is 14.4 Å². The van der Waals surface area contributed by atoms with Gasteiger partial charge < -0.3 is 14.2 Å². The van der Waals surface area contributed by atoms with E-state index in [-0.39, 0.29) is 5.75 Å². The largest absolute Gasteiger partial charge is 0.423 e. The van der Waals surface area contributed by atoms with E-state index >= 15 is 0 Å². The summed E-state index contributed by atoms with van der Waals surface area (Å²) in [4.78, 5) is 35.4. The third-order valence-electron chi connectivity index (χ3n) is 6.10.